The van der Waals surface area contributed by atoms with Crippen LogP contribution >= 0.6 is 0 Å². The molecule has 0 radical (unpaired) electrons. The number of amides is 2. The summed E-state index contributed by atoms with van der Waals surface area (Å²) in [6.07, 6.45) is 3.86. The fourth-order valence-corrected chi connectivity index (χ4v) is 4.28. The summed E-state index contributed by atoms with van der Waals surface area (Å²) in [6, 6.07) is 10.5. The van der Waals surface area contributed by atoms with Crippen LogP contribution in [0.4, 0.5) is 0 Å². The molecule has 0 spiro atoms. The molecule has 0 aromatic heterocycles. The fourth-order valence-electron chi connectivity index (χ4n) is 4.28. The summed E-state index contributed by atoms with van der Waals surface area (Å²) in [4.78, 5) is 29.1. The predicted molar refractivity (Wildman–Crippen MR) is 107 cm³/mol. The molecule has 1 atom stereocenters. The second kappa shape index (κ2) is 9.36. The van der Waals surface area contributed by atoms with E-state index in [4.69, 9.17) is 0 Å². The van der Waals surface area contributed by atoms with E-state index >= 15 is 0 Å². The minimum absolute atomic E-state index is 0.104. The summed E-state index contributed by atoms with van der Waals surface area (Å²) >= 11 is 0. The van der Waals surface area contributed by atoms with E-state index in [0.29, 0.717) is 31.5 Å². The van der Waals surface area contributed by atoms with Gasteiger partial charge in [-0.05, 0) is 37.2 Å². The molecule has 2 aliphatic heterocycles. The highest BCUT2D eigenvalue weighted by Crippen LogP contribution is 2.23. The minimum Gasteiger partial charge on any atom is -0.342 e. The number of nitrogens with zero attached hydrogens (tertiary/aromatic N) is 2. The Kier molecular flexibility index (Phi) is 6.89. The van der Waals surface area contributed by atoms with Crippen LogP contribution in [-0.2, 0) is 9.59 Å². The molecule has 2 amide bonds. The SMILES string of the molecule is CC(C)C(NCC(=O)N1CCC(C(=O)N2CCCC2)CC1)c1ccccc1. The van der Waals surface area contributed by atoms with Gasteiger partial charge in [-0.2, -0.15) is 0 Å². The van der Waals surface area contributed by atoms with Crippen molar-refractivity contribution in [2.24, 2.45) is 11.8 Å². The number of benzene rings is 1. The maximum atomic E-state index is 12.7. The van der Waals surface area contributed by atoms with Crippen LogP contribution in [-0.4, -0.2) is 54.3 Å². The molecule has 0 aliphatic carbocycles. The Bertz CT molecular complexity index is 618. The van der Waals surface area contributed by atoms with Crippen molar-refractivity contribution in [3.05, 3.63) is 35.9 Å². The Labute approximate surface area is 163 Å². The third-order valence-electron chi connectivity index (χ3n) is 5.91. The lowest BCUT2D eigenvalue weighted by molar-refractivity contribution is -0.139. The molecule has 1 aromatic rings. The summed E-state index contributed by atoms with van der Waals surface area (Å²) < 4.78 is 0. The molecule has 0 bridgehead atoms. The molecular formula is C22H33N3O2. The third kappa shape index (κ3) is 5.10. The van der Waals surface area contributed by atoms with Gasteiger partial charge in [-0.3, -0.25) is 9.59 Å². The van der Waals surface area contributed by atoms with E-state index in [-0.39, 0.29) is 17.9 Å². The molecule has 3 rings (SSSR count). The predicted octanol–water partition coefficient (Wildman–Crippen LogP) is 2.83. The molecule has 1 unspecified atom stereocenters. The highest BCUT2D eigenvalue weighted by molar-refractivity contribution is 5.81. The van der Waals surface area contributed by atoms with Crippen molar-refractivity contribution in [2.45, 2.75) is 45.6 Å². The molecule has 2 fully saturated rings. The lowest BCUT2D eigenvalue weighted by atomic mass is 9.95. The molecule has 5 heteroatoms. The molecule has 5 nitrogen and oxygen atoms in total. The number of carbonyl (C=O) groups excluding carboxylic acids is 2. The average Bonchev–Trinajstić information content (AvgIpc) is 3.23. The first-order valence-electron chi connectivity index (χ1n) is 10.4. The monoisotopic (exact) mass is 371 g/mol. The van der Waals surface area contributed by atoms with Gasteiger partial charge in [0.15, 0.2) is 0 Å². The quantitative estimate of drug-likeness (QED) is 0.837. The second-order valence-electron chi connectivity index (χ2n) is 8.20. The molecular weight excluding hydrogens is 338 g/mol. The van der Waals surface area contributed by atoms with Gasteiger partial charge >= 0.3 is 0 Å². The number of rotatable bonds is 6. The lowest BCUT2D eigenvalue weighted by Crippen LogP contribution is -2.46. The van der Waals surface area contributed by atoms with Crippen molar-refractivity contribution in [2.75, 3.05) is 32.7 Å². The van der Waals surface area contributed by atoms with Crippen LogP contribution in [0.2, 0.25) is 0 Å². The molecule has 2 heterocycles. The van der Waals surface area contributed by atoms with E-state index < -0.39 is 0 Å². The zero-order chi connectivity index (χ0) is 19.2. The maximum Gasteiger partial charge on any atom is 0.236 e. The van der Waals surface area contributed by atoms with Gasteiger partial charge in [0.1, 0.15) is 0 Å². The van der Waals surface area contributed by atoms with Crippen molar-refractivity contribution in [1.29, 1.82) is 0 Å². The number of nitrogens with one attached hydrogen (secondary N) is 1. The van der Waals surface area contributed by atoms with E-state index in [2.05, 4.69) is 31.3 Å². The van der Waals surface area contributed by atoms with E-state index in [1.54, 1.807) is 0 Å². The van der Waals surface area contributed by atoms with Crippen molar-refractivity contribution in [1.82, 2.24) is 15.1 Å². The summed E-state index contributed by atoms with van der Waals surface area (Å²) in [6.45, 7) is 7.92. The Morgan fingerprint density at radius 3 is 2.22 bits per heavy atom. The van der Waals surface area contributed by atoms with Crippen LogP contribution < -0.4 is 5.32 Å². The van der Waals surface area contributed by atoms with Gasteiger partial charge in [-0.25, -0.2) is 0 Å². The van der Waals surface area contributed by atoms with E-state index in [0.717, 1.165) is 38.8 Å². The summed E-state index contributed by atoms with van der Waals surface area (Å²) in [7, 11) is 0. The van der Waals surface area contributed by atoms with Crippen LogP contribution in [0.15, 0.2) is 30.3 Å². The number of hydrogen-bond acceptors (Lipinski definition) is 3. The van der Waals surface area contributed by atoms with Crippen molar-refractivity contribution in [3.8, 4) is 0 Å². The number of carbonyl (C=O) groups is 2. The summed E-state index contributed by atoms with van der Waals surface area (Å²) in [5.41, 5.74) is 1.22. The molecule has 0 saturated carbocycles. The summed E-state index contributed by atoms with van der Waals surface area (Å²) in [5.74, 6) is 0.960. The van der Waals surface area contributed by atoms with Crippen LogP contribution in [0.5, 0.6) is 0 Å². The van der Waals surface area contributed by atoms with E-state index in [9.17, 15) is 9.59 Å². The molecule has 1 aromatic carbocycles. The molecule has 27 heavy (non-hydrogen) atoms. The van der Waals surface area contributed by atoms with Crippen molar-refractivity contribution < 1.29 is 9.59 Å². The van der Waals surface area contributed by atoms with Gasteiger partial charge in [-0.15, -0.1) is 0 Å². The first-order valence-corrected chi connectivity index (χ1v) is 10.4. The van der Waals surface area contributed by atoms with Crippen LogP contribution in [0.1, 0.15) is 51.1 Å². The highest BCUT2D eigenvalue weighted by atomic mass is 16.2. The maximum absolute atomic E-state index is 12.7. The van der Waals surface area contributed by atoms with Crippen LogP contribution in [0.3, 0.4) is 0 Å². The van der Waals surface area contributed by atoms with Crippen LogP contribution in [0.25, 0.3) is 0 Å². The Morgan fingerprint density at radius 2 is 1.63 bits per heavy atom. The molecule has 148 valence electrons. The van der Waals surface area contributed by atoms with Gasteiger partial charge in [0.25, 0.3) is 0 Å². The zero-order valence-corrected chi connectivity index (χ0v) is 16.7. The number of hydrogen-bond donors (Lipinski definition) is 1. The Hall–Kier alpha value is -1.88. The normalized spacial score (nSPS) is 19.5. The minimum atomic E-state index is 0.104. The largest absolute Gasteiger partial charge is 0.342 e. The van der Waals surface area contributed by atoms with Gasteiger partial charge in [0.05, 0.1) is 6.54 Å². The fraction of sp³-hybridized carbons (Fsp3) is 0.636. The number of likely N-dealkylation sites (tertiary alicyclic amines) is 2. The topological polar surface area (TPSA) is 52.7 Å². The first-order chi connectivity index (χ1) is 13.1. The number of piperidine rings is 1. The van der Waals surface area contributed by atoms with Gasteiger partial charge in [0.2, 0.25) is 11.8 Å². The van der Waals surface area contributed by atoms with Gasteiger partial charge < -0.3 is 15.1 Å². The van der Waals surface area contributed by atoms with Gasteiger partial charge in [-0.1, -0.05) is 44.2 Å². The van der Waals surface area contributed by atoms with E-state index in [1.165, 1.54) is 5.56 Å². The average molecular weight is 372 g/mol. The Morgan fingerprint density at radius 1 is 1.00 bits per heavy atom. The highest BCUT2D eigenvalue weighted by Gasteiger charge is 2.31. The molecule has 1 N–H and O–H groups in total. The first kappa shape index (κ1) is 19.9. The smallest absolute Gasteiger partial charge is 0.236 e. The standard InChI is InChI=1S/C22H33N3O2/c1-17(2)21(18-8-4-3-5-9-18)23-16-20(26)24-14-10-19(11-15-24)22(27)25-12-6-7-13-25/h3-5,8-9,17,19,21,23H,6-7,10-16H2,1-2H3. The molecule has 2 aliphatic rings. The van der Waals surface area contributed by atoms with Crippen molar-refractivity contribution >= 4 is 11.8 Å². The van der Waals surface area contributed by atoms with Crippen molar-refractivity contribution in [3.63, 3.8) is 0 Å². The third-order valence-corrected chi connectivity index (χ3v) is 5.91. The zero-order valence-electron chi connectivity index (χ0n) is 16.7. The van der Waals surface area contributed by atoms with Gasteiger partial charge in [0, 0.05) is 38.1 Å². The lowest BCUT2D eigenvalue weighted by Gasteiger charge is -2.34. The summed E-state index contributed by atoms with van der Waals surface area (Å²) in [5, 5.41) is 3.44. The second-order valence-corrected chi connectivity index (χ2v) is 8.20. The van der Waals surface area contributed by atoms with Crippen LogP contribution in [0, 0.1) is 11.8 Å². The van der Waals surface area contributed by atoms with E-state index in [1.807, 2.05) is 28.0 Å². The molecule has 2 saturated heterocycles. The Balaban J connectivity index is 1.47.